The van der Waals surface area contributed by atoms with Gasteiger partial charge in [-0.3, -0.25) is 9.80 Å². The molecule has 0 amide bonds. The lowest BCUT2D eigenvalue weighted by Crippen LogP contribution is -2.75. The number of nitrogens with one attached hydrogen (secondary N) is 2. The van der Waals surface area contributed by atoms with Crippen LogP contribution >= 0.6 is 0 Å². The van der Waals surface area contributed by atoms with Crippen LogP contribution in [0.5, 0.6) is 0 Å². The van der Waals surface area contributed by atoms with Gasteiger partial charge in [-0.25, -0.2) is 4.99 Å². The standard InChI is InChI=1S/C68H81N5/c1-8-71(9-2)54-33-26-49(27-34-54)67(48-24-22-47(7)23-25-48)62-41-43-66(61-21-17-15-19-59(61)62)70-46-64-52-32-39-57(64)53(44-52)45-69-65-42-40-63(58-18-14-16-20-60(58)65)68(50-28-35-55(36-29-50)72(10-3)11-4)51-30-37-56(38-31-51)73(12-5)13-6/h14-31,33,35-37,40-43,47,52-54,56-57,64,70H,8-13,32,34,38-39,44-46H2,1-7H3/p+1/b67-48?,68-63-,69-65?. The van der Waals surface area contributed by atoms with E-state index in [1.807, 2.05) is 0 Å². The van der Waals surface area contributed by atoms with E-state index in [9.17, 15) is 0 Å². The predicted octanol–water partition coefficient (Wildman–Crippen LogP) is 13.5. The average Bonchev–Trinajstić information content (AvgIpc) is 3.99. The highest BCUT2D eigenvalue weighted by Gasteiger charge is 2.48. The number of nitrogens with zero attached hydrogens (tertiary/aromatic N) is 3. The first-order chi connectivity index (χ1) is 35.8. The summed E-state index contributed by atoms with van der Waals surface area (Å²) in [6, 6.07) is 33.2. The second-order valence-corrected chi connectivity index (χ2v) is 21.4. The van der Waals surface area contributed by atoms with Gasteiger partial charge in [0.2, 0.25) is 5.71 Å². The number of rotatable bonds is 18. The summed E-state index contributed by atoms with van der Waals surface area (Å²) in [7, 11) is 0. The molecule has 5 nitrogen and oxygen atoms in total. The summed E-state index contributed by atoms with van der Waals surface area (Å²) in [6.07, 6.45) is 34.9. The largest absolute Gasteiger partial charge is 0.384 e. The Labute approximate surface area is 438 Å². The number of anilines is 2. The second-order valence-electron chi connectivity index (χ2n) is 21.4. The lowest BCUT2D eigenvalue weighted by atomic mass is 9.82. The fourth-order valence-electron chi connectivity index (χ4n) is 13.7. The molecule has 10 rings (SSSR count). The summed E-state index contributed by atoms with van der Waals surface area (Å²) in [5.41, 5.74) is 16.9. The molecule has 0 aromatic heterocycles. The van der Waals surface area contributed by atoms with E-state index in [0.717, 1.165) is 77.0 Å². The van der Waals surface area contributed by atoms with Crippen LogP contribution in [0, 0.1) is 29.6 Å². The molecule has 0 spiro atoms. The van der Waals surface area contributed by atoms with Crippen molar-refractivity contribution in [3.63, 3.8) is 0 Å². The molecule has 4 aromatic carbocycles. The summed E-state index contributed by atoms with van der Waals surface area (Å²) in [5.74, 6) is 3.28. The first-order valence-electron chi connectivity index (χ1n) is 28.4. The van der Waals surface area contributed by atoms with Gasteiger partial charge in [0.25, 0.3) is 0 Å². The molecule has 0 saturated heterocycles. The maximum atomic E-state index is 4.08. The molecule has 2 bridgehead atoms. The second kappa shape index (κ2) is 23.0. The Morgan fingerprint density at radius 1 is 0.603 bits per heavy atom. The van der Waals surface area contributed by atoms with Gasteiger partial charge in [-0.05, 0) is 182 Å². The van der Waals surface area contributed by atoms with Crippen molar-refractivity contribution in [1.29, 1.82) is 0 Å². The van der Waals surface area contributed by atoms with Crippen molar-refractivity contribution in [2.45, 2.75) is 92.7 Å². The van der Waals surface area contributed by atoms with Crippen LogP contribution in [0.1, 0.15) is 103 Å². The highest BCUT2D eigenvalue weighted by atomic mass is 15.1. The van der Waals surface area contributed by atoms with Gasteiger partial charge < -0.3 is 10.2 Å². The van der Waals surface area contributed by atoms with E-state index < -0.39 is 0 Å². The third kappa shape index (κ3) is 10.4. The summed E-state index contributed by atoms with van der Waals surface area (Å²) in [5, 5.41) is 6.71. The monoisotopic (exact) mass is 969 g/mol. The summed E-state index contributed by atoms with van der Waals surface area (Å²) in [4.78, 5) is 11.6. The van der Waals surface area contributed by atoms with E-state index >= 15 is 0 Å². The number of fused-ring (bicyclic) bond motifs is 4. The first kappa shape index (κ1) is 50.5. The molecule has 2 fully saturated rings. The summed E-state index contributed by atoms with van der Waals surface area (Å²) in [6.45, 7) is 24.2. The Morgan fingerprint density at radius 3 is 1.86 bits per heavy atom. The van der Waals surface area contributed by atoms with Crippen molar-refractivity contribution in [2.24, 2.45) is 29.6 Å². The van der Waals surface area contributed by atoms with Crippen molar-refractivity contribution in [1.82, 2.24) is 9.80 Å². The zero-order chi connectivity index (χ0) is 50.4. The Hall–Kier alpha value is -6.01. The molecule has 2 saturated carbocycles. The maximum absolute atomic E-state index is 4.08. The minimum absolute atomic E-state index is 0.442. The smallest absolute Gasteiger partial charge is 0.206 e. The Morgan fingerprint density at radius 2 is 1.23 bits per heavy atom. The van der Waals surface area contributed by atoms with E-state index in [1.165, 1.54) is 103 Å². The van der Waals surface area contributed by atoms with Gasteiger partial charge in [0.1, 0.15) is 6.54 Å². The van der Waals surface area contributed by atoms with E-state index in [2.05, 4.69) is 231 Å². The molecule has 6 aliphatic rings. The van der Waals surface area contributed by atoms with Gasteiger partial charge in [0.05, 0.1) is 5.56 Å². The molecule has 5 heteroatoms. The van der Waals surface area contributed by atoms with E-state index in [1.54, 1.807) is 0 Å². The van der Waals surface area contributed by atoms with Crippen LogP contribution in [-0.2, 0) is 0 Å². The molecule has 0 heterocycles. The Bertz CT molecular complexity index is 2920. The van der Waals surface area contributed by atoms with Gasteiger partial charge >= 0.3 is 0 Å². The molecule has 2 N–H and O–H groups in total. The first-order valence-corrected chi connectivity index (χ1v) is 28.4. The van der Waals surface area contributed by atoms with Crippen LogP contribution in [0.15, 0.2) is 175 Å². The number of hydrogen-bond acceptors (Lipinski definition) is 4. The van der Waals surface area contributed by atoms with Crippen LogP contribution in [0.2, 0.25) is 0 Å². The van der Waals surface area contributed by atoms with Crippen LogP contribution in [0.4, 0.5) is 11.4 Å². The average molecular weight is 969 g/mol. The number of likely N-dealkylation sites (N-methyl/N-ethyl adjacent to an activating group) is 2. The number of allylic oxidation sites excluding steroid dienone is 14. The van der Waals surface area contributed by atoms with Crippen molar-refractivity contribution in [3.8, 4) is 0 Å². The van der Waals surface area contributed by atoms with Crippen LogP contribution < -0.4 is 15.2 Å². The lowest BCUT2D eigenvalue weighted by Gasteiger charge is -2.29. The summed E-state index contributed by atoms with van der Waals surface area (Å²) < 4.78 is 0. The third-order valence-corrected chi connectivity index (χ3v) is 17.7. The minimum atomic E-state index is 0.442. The molecule has 378 valence electrons. The quantitative estimate of drug-likeness (QED) is 0.104. The van der Waals surface area contributed by atoms with Gasteiger partial charge in [0.15, 0.2) is 0 Å². The lowest BCUT2D eigenvalue weighted by molar-refractivity contribution is -0.466. The molecular weight excluding hydrogens is 887 g/mol. The topological polar surface area (TPSA) is 35.7 Å². The Kier molecular flexibility index (Phi) is 15.9. The van der Waals surface area contributed by atoms with E-state index in [4.69, 9.17) is 0 Å². The van der Waals surface area contributed by atoms with Gasteiger partial charge in [0, 0.05) is 60.5 Å². The molecular formula is C68H82N5+. The molecule has 6 unspecified atom stereocenters. The molecule has 0 aliphatic heterocycles. The third-order valence-electron chi connectivity index (χ3n) is 17.7. The number of benzene rings is 4. The van der Waals surface area contributed by atoms with Gasteiger partial charge in [-0.1, -0.05) is 156 Å². The number of hydrogen-bond donors (Lipinski definition) is 2. The van der Waals surface area contributed by atoms with E-state index in [0.29, 0.717) is 29.8 Å². The normalized spacial score (nSPS) is 25.2. The molecule has 73 heavy (non-hydrogen) atoms. The fourth-order valence-corrected chi connectivity index (χ4v) is 13.7. The van der Waals surface area contributed by atoms with Crippen molar-refractivity contribution < 1.29 is 4.99 Å². The maximum Gasteiger partial charge on any atom is 0.206 e. The van der Waals surface area contributed by atoms with Crippen LogP contribution in [0.25, 0.3) is 27.5 Å². The van der Waals surface area contributed by atoms with Gasteiger partial charge in [-0.2, -0.15) is 0 Å². The molecule has 4 aromatic rings. The fraction of sp³-hybridized carbons (Fsp3) is 0.397. The molecule has 0 radical (unpaired) electrons. The SMILES string of the molecule is CCN(CC)c1ccc(/C(C2=CCC(N(CC)CC)C=C2)=C2\C=CC(=[NH+]CC3CC4CCC3C4CNc3ccc(C(C4=CCC(N(CC)CC)C=C4)=C4C=CC(C)C=C4)c4ccccc34)c3ccccc32)cc1. The highest BCUT2D eigenvalue weighted by molar-refractivity contribution is 6.17. The van der Waals surface area contributed by atoms with Crippen LogP contribution in [0.3, 0.4) is 0 Å². The predicted molar refractivity (Wildman–Crippen MR) is 314 cm³/mol. The summed E-state index contributed by atoms with van der Waals surface area (Å²) >= 11 is 0. The van der Waals surface area contributed by atoms with Crippen molar-refractivity contribution in [3.05, 3.63) is 197 Å². The Balaban J connectivity index is 0.888. The molecule has 6 aliphatic carbocycles. The molecule has 6 atom stereocenters. The van der Waals surface area contributed by atoms with E-state index in [-0.39, 0.29) is 0 Å². The van der Waals surface area contributed by atoms with Gasteiger partial charge in [-0.15, -0.1) is 0 Å². The van der Waals surface area contributed by atoms with Crippen LogP contribution in [-0.4, -0.2) is 80.0 Å². The minimum Gasteiger partial charge on any atom is -0.384 e. The zero-order valence-corrected chi connectivity index (χ0v) is 45.1. The van der Waals surface area contributed by atoms with Crippen molar-refractivity contribution in [2.75, 3.05) is 62.6 Å². The zero-order valence-electron chi connectivity index (χ0n) is 45.1. The van der Waals surface area contributed by atoms with Crippen molar-refractivity contribution >= 4 is 44.6 Å². The highest BCUT2D eigenvalue weighted by Crippen LogP contribution is 2.52.